The Morgan fingerprint density at radius 2 is 2.05 bits per heavy atom. The van der Waals surface area contributed by atoms with E-state index in [1.807, 2.05) is 37.4 Å². The Bertz CT molecular complexity index is 661. The number of nitrogens with zero attached hydrogens (tertiary/aromatic N) is 7. The highest BCUT2D eigenvalue weighted by atomic mass is 32.2. The molecule has 0 saturated carbocycles. The van der Waals surface area contributed by atoms with Gasteiger partial charge in [-0.3, -0.25) is 0 Å². The minimum absolute atomic E-state index is 0.682. The van der Waals surface area contributed by atoms with Crippen LogP contribution < -0.4 is 0 Å². The van der Waals surface area contributed by atoms with Crippen molar-refractivity contribution in [3.8, 4) is 5.69 Å². The molecule has 1 aromatic carbocycles. The minimum Gasteiger partial charge on any atom is -0.224 e. The number of thioether (sulfide) groups is 1. The van der Waals surface area contributed by atoms with Crippen molar-refractivity contribution in [1.29, 1.82) is 0 Å². The smallest absolute Gasteiger partial charge is 0.209 e. The van der Waals surface area contributed by atoms with E-state index in [0.29, 0.717) is 5.75 Å². The van der Waals surface area contributed by atoms with Gasteiger partial charge in [-0.15, -0.1) is 5.10 Å². The highest BCUT2D eigenvalue weighted by molar-refractivity contribution is 7.98. The van der Waals surface area contributed by atoms with Crippen LogP contribution in [-0.4, -0.2) is 35.2 Å². The van der Waals surface area contributed by atoms with Gasteiger partial charge in [0.1, 0.15) is 0 Å². The van der Waals surface area contributed by atoms with Crippen LogP contribution in [0.15, 0.2) is 41.7 Å². The predicted octanol–water partition coefficient (Wildman–Crippen LogP) is 1.08. The van der Waals surface area contributed by atoms with Gasteiger partial charge in [-0.2, -0.15) is 15.0 Å². The van der Waals surface area contributed by atoms with Crippen LogP contribution in [0, 0.1) is 0 Å². The summed E-state index contributed by atoms with van der Waals surface area (Å²) in [5.41, 5.74) is 1.83. The number of tetrazole rings is 1. The van der Waals surface area contributed by atoms with E-state index in [0.717, 1.165) is 16.5 Å². The van der Waals surface area contributed by atoms with Gasteiger partial charge in [0.15, 0.2) is 0 Å². The number of benzene rings is 1. The summed E-state index contributed by atoms with van der Waals surface area (Å²) in [5, 5.41) is 20.7. The first kappa shape index (κ1) is 11.8. The zero-order valence-corrected chi connectivity index (χ0v) is 11.0. The van der Waals surface area contributed by atoms with Crippen molar-refractivity contribution in [1.82, 2.24) is 35.2 Å². The van der Waals surface area contributed by atoms with Gasteiger partial charge in [0.2, 0.25) is 5.16 Å². The number of hydrogen-bond acceptors (Lipinski definition) is 6. The Labute approximate surface area is 113 Å². The third kappa shape index (κ3) is 2.63. The first-order valence-electron chi connectivity index (χ1n) is 5.65. The summed E-state index contributed by atoms with van der Waals surface area (Å²) in [6.45, 7) is 0. The molecule has 0 saturated heterocycles. The molecule has 3 rings (SSSR count). The van der Waals surface area contributed by atoms with Gasteiger partial charge >= 0.3 is 0 Å². The van der Waals surface area contributed by atoms with E-state index >= 15 is 0 Å². The molecule has 0 bridgehead atoms. The van der Waals surface area contributed by atoms with E-state index in [1.165, 1.54) is 11.8 Å². The highest BCUT2D eigenvalue weighted by Crippen LogP contribution is 2.17. The fourth-order valence-electron chi connectivity index (χ4n) is 1.53. The van der Waals surface area contributed by atoms with Crippen LogP contribution in [0.25, 0.3) is 5.69 Å². The Morgan fingerprint density at radius 3 is 2.79 bits per heavy atom. The molecular formula is C11H11N7S. The SMILES string of the molecule is Cn1nnnc1SCc1cnn(-c2ccccc2)n1. The topological polar surface area (TPSA) is 74.3 Å². The van der Waals surface area contributed by atoms with Crippen LogP contribution in [0.5, 0.6) is 0 Å². The van der Waals surface area contributed by atoms with E-state index in [1.54, 1.807) is 15.7 Å². The zero-order valence-electron chi connectivity index (χ0n) is 10.2. The largest absolute Gasteiger partial charge is 0.224 e. The van der Waals surface area contributed by atoms with Crippen molar-refractivity contribution in [2.24, 2.45) is 7.05 Å². The number of aromatic nitrogens is 7. The van der Waals surface area contributed by atoms with E-state index in [4.69, 9.17) is 0 Å². The van der Waals surface area contributed by atoms with Crippen molar-refractivity contribution >= 4 is 11.8 Å². The summed E-state index contributed by atoms with van der Waals surface area (Å²) in [7, 11) is 1.81. The zero-order chi connectivity index (χ0) is 13.1. The fraction of sp³-hybridized carbons (Fsp3) is 0.182. The summed E-state index contributed by atoms with van der Waals surface area (Å²) in [4.78, 5) is 1.62. The molecule has 0 amide bonds. The van der Waals surface area contributed by atoms with Crippen LogP contribution in [0.3, 0.4) is 0 Å². The number of para-hydroxylation sites is 1. The molecule has 8 heteroatoms. The summed E-state index contributed by atoms with van der Waals surface area (Å²) >= 11 is 1.53. The third-order valence-electron chi connectivity index (χ3n) is 2.46. The van der Waals surface area contributed by atoms with Crippen LogP contribution in [0.2, 0.25) is 0 Å². The van der Waals surface area contributed by atoms with Crippen LogP contribution in [0.1, 0.15) is 5.69 Å². The van der Waals surface area contributed by atoms with Gasteiger partial charge in [-0.25, -0.2) is 4.68 Å². The molecule has 0 aliphatic heterocycles. The second kappa shape index (κ2) is 5.19. The lowest BCUT2D eigenvalue weighted by molar-refractivity contribution is 0.664. The van der Waals surface area contributed by atoms with E-state index < -0.39 is 0 Å². The maximum Gasteiger partial charge on any atom is 0.209 e. The van der Waals surface area contributed by atoms with E-state index in [-0.39, 0.29) is 0 Å². The van der Waals surface area contributed by atoms with Crippen molar-refractivity contribution in [3.05, 3.63) is 42.2 Å². The molecule has 3 aromatic rings. The Morgan fingerprint density at radius 1 is 1.21 bits per heavy atom. The molecule has 96 valence electrons. The minimum atomic E-state index is 0.682. The van der Waals surface area contributed by atoms with Crippen molar-refractivity contribution in [2.75, 3.05) is 0 Å². The van der Waals surface area contributed by atoms with Crippen molar-refractivity contribution in [3.63, 3.8) is 0 Å². The molecule has 0 unspecified atom stereocenters. The molecule has 19 heavy (non-hydrogen) atoms. The summed E-state index contributed by atoms with van der Waals surface area (Å²) in [6, 6.07) is 9.80. The lowest BCUT2D eigenvalue weighted by atomic mass is 10.3. The Kier molecular flexibility index (Phi) is 3.23. The second-order valence-corrected chi connectivity index (χ2v) is 4.78. The molecule has 7 nitrogen and oxygen atoms in total. The van der Waals surface area contributed by atoms with Gasteiger partial charge in [0, 0.05) is 12.8 Å². The summed E-state index contributed by atoms with van der Waals surface area (Å²) in [5.74, 6) is 0.682. The van der Waals surface area contributed by atoms with Crippen LogP contribution in [-0.2, 0) is 12.8 Å². The normalized spacial score (nSPS) is 10.8. The van der Waals surface area contributed by atoms with E-state index in [9.17, 15) is 0 Å². The molecule has 0 aliphatic rings. The maximum absolute atomic E-state index is 4.42. The second-order valence-electron chi connectivity index (χ2n) is 3.83. The average molecular weight is 273 g/mol. The first-order valence-corrected chi connectivity index (χ1v) is 6.63. The number of aryl methyl sites for hydroxylation is 1. The number of hydrogen-bond donors (Lipinski definition) is 0. The monoisotopic (exact) mass is 273 g/mol. The fourth-order valence-corrected chi connectivity index (χ4v) is 2.26. The number of rotatable bonds is 4. The molecule has 0 radical (unpaired) electrons. The quantitative estimate of drug-likeness (QED) is 0.662. The standard InChI is InChI=1S/C11H11N7S/c1-17-11(13-15-16-17)19-8-9-7-12-18(14-9)10-5-3-2-4-6-10/h2-7H,8H2,1H3. The van der Waals surface area contributed by atoms with Crippen LogP contribution in [0.4, 0.5) is 0 Å². The molecule has 2 heterocycles. The van der Waals surface area contributed by atoms with Gasteiger partial charge in [0.05, 0.1) is 17.6 Å². The first-order chi connectivity index (χ1) is 9.33. The average Bonchev–Trinajstić information content (AvgIpc) is 3.06. The molecule has 2 aromatic heterocycles. The lowest BCUT2D eigenvalue weighted by Crippen LogP contribution is -1.98. The molecule has 0 aliphatic carbocycles. The highest BCUT2D eigenvalue weighted by Gasteiger charge is 2.07. The van der Waals surface area contributed by atoms with Gasteiger partial charge < -0.3 is 0 Å². The Hall–Kier alpha value is -2.22. The van der Waals surface area contributed by atoms with Gasteiger partial charge in [-0.1, -0.05) is 30.0 Å². The van der Waals surface area contributed by atoms with Crippen molar-refractivity contribution < 1.29 is 0 Å². The summed E-state index contributed by atoms with van der Waals surface area (Å²) < 4.78 is 1.63. The van der Waals surface area contributed by atoms with E-state index in [2.05, 4.69) is 25.7 Å². The molecule has 0 atom stereocenters. The predicted molar refractivity (Wildman–Crippen MR) is 69.7 cm³/mol. The van der Waals surface area contributed by atoms with Crippen LogP contribution >= 0.6 is 11.8 Å². The molecular weight excluding hydrogens is 262 g/mol. The van der Waals surface area contributed by atoms with Gasteiger partial charge in [0.25, 0.3) is 0 Å². The molecule has 0 spiro atoms. The lowest BCUT2D eigenvalue weighted by Gasteiger charge is -1.98. The molecule has 0 fully saturated rings. The van der Waals surface area contributed by atoms with Crippen molar-refractivity contribution in [2.45, 2.75) is 10.9 Å². The maximum atomic E-state index is 4.42. The third-order valence-corrected chi connectivity index (χ3v) is 3.50. The Balaban J connectivity index is 1.70. The van der Waals surface area contributed by atoms with Gasteiger partial charge in [-0.05, 0) is 22.6 Å². The molecule has 0 N–H and O–H groups in total. The summed E-state index contributed by atoms with van der Waals surface area (Å²) in [6.07, 6.45) is 1.75.